The van der Waals surface area contributed by atoms with Crippen LogP contribution in [0.3, 0.4) is 0 Å². The molecule has 1 heterocycles. The molecule has 1 rings (SSSR count). The number of hydrogen-bond donors (Lipinski definition) is 3. The van der Waals surface area contributed by atoms with Gasteiger partial charge in [-0.2, -0.15) is 0 Å². The predicted octanol–water partition coefficient (Wildman–Crippen LogP) is 0.112. The molecule has 0 aliphatic carbocycles. The van der Waals surface area contributed by atoms with E-state index in [0.29, 0.717) is 6.42 Å². The molecule has 0 aromatic rings. The molecule has 1 saturated heterocycles. The maximum absolute atomic E-state index is 11.5. The molecule has 1 aliphatic heterocycles. The van der Waals surface area contributed by atoms with E-state index in [2.05, 4.69) is 10.2 Å². The van der Waals surface area contributed by atoms with E-state index in [-0.39, 0.29) is 19.1 Å². The van der Waals surface area contributed by atoms with Gasteiger partial charge in [0.1, 0.15) is 0 Å². The van der Waals surface area contributed by atoms with Crippen LogP contribution in [-0.4, -0.2) is 59.9 Å². The summed E-state index contributed by atoms with van der Waals surface area (Å²) in [6.07, 6.45) is 6.01. The minimum Gasteiger partial charge on any atom is -0.394 e. The Kier molecular flexibility index (Phi) is 7.96. The molecule has 0 radical (unpaired) electrons. The van der Waals surface area contributed by atoms with Gasteiger partial charge in [0.2, 0.25) is 5.91 Å². The average molecular weight is 258 g/mol. The van der Waals surface area contributed by atoms with Crippen LogP contribution in [0.25, 0.3) is 0 Å². The van der Waals surface area contributed by atoms with Gasteiger partial charge in [-0.1, -0.05) is 19.3 Å². The molecule has 0 saturated carbocycles. The Hall–Kier alpha value is -0.650. The van der Waals surface area contributed by atoms with Gasteiger partial charge < -0.3 is 20.4 Å². The van der Waals surface area contributed by atoms with Gasteiger partial charge in [-0.3, -0.25) is 4.79 Å². The van der Waals surface area contributed by atoms with Gasteiger partial charge >= 0.3 is 0 Å². The quantitative estimate of drug-likeness (QED) is 0.632. The summed E-state index contributed by atoms with van der Waals surface area (Å²) in [5.41, 5.74) is 0. The van der Waals surface area contributed by atoms with Crippen LogP contribution in [0.4, 0.5) is 0 Å². The summed E-state index contributed by atoms with van der Waals surface area (Å²) in [6.45, 7) is 2.79. The van der Waals surface area contributed by atoms with Crippen LogP contribution in [-0.2, 0) is 4.79 Å². The smallest absolute Gasteiger partial charge is 0.221 e. The van der Waals surface area contributed by atoms with E-state index < -0.39 is 6.10 Å². The highest BCUT2D eigenvalue weighted by Crippen LogP contribution is 2.10. The summed E-state index contributed by atoms with van der Waals surface area (Å²) in [4.78, 5) is 13.9. The molecule has 106 valence electrons. The first-order valence-electron chi connectivity index (χ1n) is 7.00. The number of carbonyl (C=O) groups is 1. The molecule has 1 aliphatic rings. The second-order valence-electron chi connectivity index (χ2n) is 5.00. The Morgan fingerprint density at radius 1 is 1.17 bits per heavy atom. The maximum Gasteiger partial charge on any atom is 0.221 e. The molecule has 1 amide bonds. The van der Waals surface area contributed by atoms with Crippen molar-refractivity contribution in [3.63, 3.8) is 0 Å². The Morgan fingerprint density at radius 3 is 2.39 bits per heavy atom. The number of hydrogen-bond acceptors (Lipinski definition) is 4. The Balaban J connectivity index is 2.12. The number of aliphatic hydroxyl groups is 2. The zero-order valence-electron chi connectivity index (χ0n) is 11.1. The van der Waals surface area contributed by atoms with E-state index in [9.17, 15) is 4.79 Å². The van der Waals surface area contributed by atoms with E-state index in [1.54, 1.807) is 0 Å². The summed E-state index contributed by atoms with van der Waals surface area (Å²) in [5.74, 6) is -0.0513. The van der Waals surface area contributed by atoms with E-state index in [4.69, 9.17) is 10.2 Å². The van der Waals surface area contributed by atoms with Gasteiger partial charge in [0.15, 0.2) is 0 Å². The van der Waals surface area contributed by atoms with Crippen molar-refractivity contribution in [2.75, 3.05) is 32.8 Å². The van der Waals surface area contributed by atoms with Crippen molar-refractivity contribution in [1.29, 1.82) is 0 Å². The monoisotopic (exact) mass is 258 g/mol. The van der Waals surface area contributed by atoms with Gasteiger partial charge in [0, 0.05) is 19.5 Å². The largest absolute Gasteiger partial charge is 0.394 e. The number of rotatable bonds is 6. The molecule has 1 atom stereocenters. The first-order valence-corrected chi connectivity index (χ1v) is 7.00. The third-order valence-electron chi connectivity index (χ3n) is 3.35. The number of nitrogens with zero attached hydrogens (tertiary/aromatic N) is 1. The van der Waals surface area contributed by atoms with E-state index in [0.717, 1.165) is 19.6 Å². The lowest BCUT2D eigenvalue weighted by atomic mass is 10.1. The zero-order valence-corrected chi connectivity index (χ0v) is 11.1. The topological polar surface area (TPSA) is 72.8 Å². The maximum atomic E-state index is 11.5. The number of nitrogens with one attached hydrogen (secondary N) is 1. The fourth-order valence-electron chi connectivity index (χ4n) is 2.18. The summed E-state index contributed by atoms with van der Waals surface area (Å²) in [6, 6.07) is 0. The van der Waals surface area contributed by atoms with Crippen LogP contribution in [0.2, 0.25) is 0 Å². The molecule has 0 spiro atoms. The SMILES string of the molecule is O=C(CCN1CCCCCCC1)NC[C@H](O)CO. The molecule has 0 aromatic carbocycles. The second kappa shape index (κ2) is 9.30. The van der Waals surface area contributed by atoms with Gasteiger partial charge in [-0.05, 0) is 25.9 Å². The zero-order chi connectivity index (χ0) is 13.2. The van der Waals surface area contributed by atoms with Crippen molar-refractivity contribution in [1.82, 2.24) is 10.2 Å². The first-order chi connectivity index (χ1) is 8.72. The summed E-state index contributed by atoms with van der Waals surface area (Å²) < 4.78 is 0. The van der Waals surface area contributed by atoms with Crippen molar-refractivity contribution in [2.24, 2.45) is 0 Å². The van der Waals surface area contributed by atoms with Crippen molar-refractivity contribution in [3.8, 4) is 0 Å². The minimum absolute atomic E-state index is 0.0513. The second-order valence-corrected chi connectivity index (χ2v) is 5.00. The van der Waals surface area contributed by atoms with Gasteiger partial charge in [-0.25, -0.2) is 0 Å². The van der Waals surface area contributed by atoms with Crippen molar-refractivity contribution in [3.05, 3.63) is 0 Å². The van der Waals surface area contributed by atoms with Gasteiger partial charge in [0.25, 0.3) is 0 Å². The van der Waals surface area contributed by atoms with Crippen LogP contribution < -0.4 is 5.32 Å². The minimum atomic E-state index is -0.851. The van der Waals surface area contributed by atoms with Crippen LogP contribution in [0.15, 0.2) is 0 Å². The molecule has 5 nitrogen and oxygen atoms in total. The number of carbonyl (C=O) groups excluding carboxylic acids is 1. The van der Waals surface area contributed by atoms with Crippen LogP contribution >= 0.6 is 0 Å². The molecule has 18 heavy (non-hydrogen) atoms. The Morgan fingerprint density at radius 2 is 1.78 bits per heavy atom. The van der Waals surface area contributed by atoms with Crippen LogP contribution in [0, 0.1) is 0 Å². The van der Waals surface area contributed by atoms with Gasteiger partial charge in [0.05, 0.1) is 12.7 Å². The molecular weight excluding hydrogens is 232 g/mol. The standard InChI is InChI=1S/C13H26N2O3/c16-11-12(17)10-14-13(18)6-9-15-7-4-2-1-3-5-8-15/h12,16-17H,1-11H2,(H,14,18)/t12-/m0/s1. The molecule has 0 aromatic heterocycles. The highest BCUT2D eigenvalue weighted by molar-refractivity contribution is 5.76. The average Bonchev–Trinajstić information content (AvgIpc) is 2.34. The summed E-state index contributed by atoms with van der Waals surface area (Å²) in [7, 11) is 0. The summed E-state index contributed by atoms with van der Waals surface area (Å²) >= 11 is 0. The molecule has 0 unspecified atom stereocenters. The lowest BCUT2D eigenvalue weighted by Crippen LogP contribution is -2.36. The van der Waals surface area contributed by atoms with E-state index in [1.165, 1.54) is 32.1 Å². The number of amides is 1. The highest BCUT2D eigenvalue weighted by atomic mass is 16.3. The number of aliphatic hydroxyl groups excluding tert-OH is 2. The fourth-order valence-corrected chi connectivity index (χ4v) is 2.18. The Labute approximate surface area is 109 Å². The predicted molar refractivity (Wildman–Crippen MR) is 70.2 cm³/mol. The van der Waals surface area contributed by atoms with Crippen molar-refractivity contribution >= 4 is 5.91 Å². The molecule has 1 fully saturated rings. The fraction of sp³-hybridized carbons (Fsp3) is 0.923. The van der Waals surface area contributed by atoms with Crippen molar-refractivity contribution < 1.29 is 15.0 Å². The Bertz CT molecular complexity index is 228. The molecular formula is C13H26N2O3. The summed E-state index contributed by atoms with van der Waals surface area (Å²) in [5, 5.41) is 20.4. The first kappa shape index (κ1) is 15.4. The third-order valence-corrected chi connectivity index (χ3v) is 3.35. The molecule has 3 N–H and O–H groups in total. The highest BCUT2D eigenvalue weighted by Gasteiger charge is 2.11. The van der Waals surface area contributed by atoms with Gasteiger partial charge in [-0.15, -0.1) is 0 Å². The normalized spacial score (nSPS) is 19.9. The van der Waals surface area contributed by atoms with E-state index >= 15 is 0 Å². The van der Waals surface area contributed by atoms with Crippen molar-refractivity contribution in [2.45, 2.75) is 44.6 Å². The molecule has 0 bridgehead atoms. The molecule has 5 heteroatoms. The van der Waals surface area contributed by atoms with Crippen LogP contribution in [0.5, 0.6) is 0 Å². The van der Waals surface area contributed by atoms with Crippen LogP contribution in [0.1, 0.15) is 38.5 Å². The lowest BCUT2D eigenvalue weighted by Gasteiger charge is -2.24. The lowest BCUT2D eigenvalue weighted by molar-refractivity contribution is -0.122. The van der Waals surface area contributed by atoms with E-state index in [1.807, 2.05) is 0 Å². The third kappa shape index (κ3) is 6.93. The number of likely N-dealkylation sites (tertiary alicyclic amines) is 1.